The zero-order chi connectivity index (χ0) is 30.7. The van der Waals surface area contributed by atoms with Crippen molar-refractivity contribution in [2.24, 2.45) is 0 Å². The van der Waals surface area contributed by atoms with E-state index in [2.05, 4.69) is 25.9 Å². The Hall–Kier alpha value is -3.71. The summed E-state index contributed by atoms with van der Waals surface area (Å²) in [7, 11) is -1.60. The van der Waals surface area contributed by atoms with Crippen molar-refractivity contribution in [2.75, 3.05) is 24.8 Å². The van der Waals surface area contributed by atoms with Gasteiger partial charge >= 0.3 is 13.8 Å². The third-order valence-electron chi connectivity index (χ3n) is 6.93. The van der Waals surface area contributed by atoms with Crippen LogP contribution in [0.1, 0.15) is 58.6 Å². The van der Waals surface area contributed by atoms with Crippen LogP contribution in [0.2, 0.25) is 0 Å². The summed E-state index contributed by atoms with van der Waals surface area (Å²) >= 11 is 0. The Morgan fingerprint density at radius 3 is 2.38 bits per heavy atom. The van der Waals surface area contributed by atoms with Gasteiger partial charge in [-0.15, -0.1) is 0 Å². The Labute approximate surface area is 239 Å². The third kappa shape index (κ3) is 7.77. The molecular formula is C27H31F3N5O6P. The molecule has 4 rings (SSSR count). The monoisotopic (exact) mass is 609 g/mol. The van der Waals surface area contributed by atoms with Gasteiger partial charge in [0.2, 0.25) is 5.95 Å². The van der Waals surface area contributed by atoms with Crippen LogP contribution in [-0.2, 0) is 16.9 Å². The lowest BCUT2D eigenvalue weighted by Crippen LogP contribution is -2.21. The topological polar surface area (TPSA) is 166 Å². The van der Waals surface area contributed by atoms with E-state index in [0.717, 1.165) is 18.4 Å². The number of aliphatic hydroxyl groups is 1. The summed E-state index contributed by atoms with van der Waals surface area (Å²) in [5.74, 6) is -1.07. The van der Waals surface area contributed by atoms with Gasteiger partial charge in [-0.3, -0.25) is 9.36 Å². The molecule has 15 heteroatoms. The molecule has 0 saturated heterocycles. The minimum Gasteiger partial charge on any atom is -0.495 e. The number of rotatable bonds is 9. The summed E-state index contributed by atoms with van der Waals surface area (Å²) in [5, 5.41) is 17.8. The molecule has 0 aliphatic heterocycles. The predicted molar refractivity (Wildman–Crippen MR) is 149 cm³/mol. The van der Waals surface area contributed by atoms with Crippen molar-refractivity contribution >= 4 is 36.6 Å². The number of nitrogens with zero attached hydrogens (tertiary/aromatic N) is 2. The van der Waals surface area contributed by atoms with Crippen LogP contribution in [0.3, 0.4) is 0 Å². The highest BCUT2D eigenvalue weighted by Crippen LogP contribution is 2.41. The molecule has 0 radical (unpaired) electrons. The molecule has 0 spiro atoms. The molecule has 2 aromatic carbocycles. The first kappa shape index (κ1) is 31.2. The van der Waals surface area contributed by atoms with Crippen LogP contribution < -0.4 is 20.7 Å². The Bertz CT molecular complexity index is 1490. The smallest absolute Gasteiger partial charge is 0.421 e. The molecule has 0 atom stereocenters. The Morgan fingerprint density at radius 1 is 1.07 bits per heavy atom. The number of alkyl halides is 3. The van der Waals surface area contributed by atoms with Gasteiger partial charge in [0.1, 0.15) is 17.1 Å². The van der Waals surface area contributed by atoms with Gasteiger partial charge in [0.25, 0.3) is 5.91 Å². The number of nitrogens with one attached hydrogen (secondary N) is 3. The summed E-state index contributed by atoms with van der Waals surface area (Å²) in [4.78, 5) is 39.1. The van der Waals surface area contributed by atoms with E-state index in [9.17, 15) is 37.4 Å². The molecule has 1 heterocycles. The Balaban J connectivity index is 1.68. The second kappa shape index (κ2) is 12.7. The van der Waals surface area contributed by atoms with E-state index < -0.39 is 37.2 Å². The number of anilines is 4. The average molecular weight is 610 g/mol. The lowest BCUT2D eigenvalue weighted by Gasteiger charge is -2.26. The van der Waals surface area contributed by atoms with Crippen LogP contribution >= 0.6 is 7.60 Å². The van der Waals surface area contributed by atoms with Gasteiger partial charge in [-0.25, -0.2) is 4.98 Å². The molecule has 0 bridgehead atoms. The highest BCUT2D eigenvalue weighted by molar-refractivity contribution is 7.50. The van der Waals surface area contributed by atoms with Crippen molar-refractivity contribution in [1.82, 2.24) is 15.3 Å². The maximum absolute atomic E-state index is 13.9. The predicted octanol–water partition coefficient (Wildman–Crippen LogP) is 5.05. The van der Waals surface area contributed by atoms with Crippen molar-refractivity contribution in [3.8, 4) is 5.75 Å². The van der Waals surface area contributed by atoms with Crippen LogP contribution in [0.4, 0.5) is 36.3 Å². The average Bonchev–Trinajstić information content (AvgIpc) is 2.92. The van der Waals surface area contributed by atoms with Crippen molar-refractivity contribution in [2.45, 2.75) is 50.0 Å². The molecule has 1 aliphatic carbocycles. The zero-order valence-corrected chi connectivity index (χ0v) is 23.7. The van der Waals surface area contributed by atoms with E-state index in [-0.39, 0.29) is 46.2 Å². The summed E-state index contributed by atoms with van der Waals surface area (Å²) in [5.41, 5.74) is 0.446. The molecule has 1 amide bonds. The number of hydrogen-bond donors (Lipinski definition) is 6. The van der Waals surface area contributed by atoms with Crippen molar-refractivity contribution < 1.29 is 42.2 Å². The normalized spacial score (nSPS) is 17.4. The van der Waals surface area contributed by atoms with Gasteiger partial charge in [-0.05, 0) is 67.0 Å². The number of halogens is 3. The van der Waals surface area contributed by atoms with Crippen LogP contribution in [-0.4, -0.2) is 51.0 Å². The zero-order valence-electron chi connectivity index (χ0n) is 22.8. The fourth-order valence-corrected chi connectivity index (χ4v) is 5.50. The number of carbonyl (C=O) groups excluding carboxylic acids is 1. The molecule has 3 aromatic rings. The van der Waals surface area contributed by atoms with Gasteiger partial charge in [0.05, 0.1) is 36.3 Å². The molecule has 0 unspecified atom stereocenters. The van der Waals surface area contributed by atoms with E-state index in [1.54, 1.807) is 12.1 Å². The van der Waals surface area contributed by atoms with E-state index in [0.29, 0.717) is 19.0 Å². The molecule has 226 valence electrons. The fraction of sp³-hybridized carbons (Fsp3) is 0.370. The number of hydrogen-bond acceptors (Lipinski definition) is 8. The standard InChI is InChI=1S/C27H31F3N5O6P/c1-31-25(37)19-12-17(16-4-7-18(36)8-5-16)6-10-21(19)33-24-20(27(28,29)30)13-32-26(35-24)34-22-9-3-15(11-23(22)41-2)14-42(38,39)40/h3,6,9-13,16,18,36H,4-5,7-8,14H2,1-2H3,(H,31,37)(H2,38,39,40)(H2,32,33,34,35). The fourth-order valence-electron chi connectivity index (χ4n) is 4.82. The maximum atomic E-state index is 13.9. The quantitative estimate of drug-likeness (QED) is 0.181. The first-order valence-electron chi connectivity index (χ1n) is 13.0. The van der Waals surface area contributed by atoms with Gasteiger partial charge < -0.3 is 35.6 Å². The SMILES string of the molecule is CNC(=O)c1cc(C2CCC(O)CC2)ccc1Nc1nc(Nc2ccc(CP(=O)(O)O)cc2OC)ncc1C(F)(F)F. The maximum Gasteiger partial charge on any atom is 0.421 e. The summed E-state index contributed by atoms with van der Waals surface area (Å²) in [6.45, 7) is 0. The Kier molecular flexibility index (Phi) is 9.41. The number of amides is 1. The lowest BCUT2D eigenvalue weighted by molar-refractivity contribution is -0.137. The summed E-state index contributed by atoms with van der Waals surface area (Å²) in [6, 6.07) is 9.16. The number of ether oxygens (including phenoxy) is 1. The third-order valence-corrected chi connectivity index (χ3v) is 7.71. The van der Waals surface area contributed by atoms with E-state index >= 15 is 0 Å². The number of methoxy groups -OCH3 is 1. The van der Waals surface area contributed by atoms with Crippen molar-refractivity contribution in [3.05, 3.63) is 64.8 Å². The molecule has 1 saturated carbocycles. The summed E-state index contributed by atoms with van der Waals surface area (Å²) in [6.07, 6.45) is -2.39. The molecule has 11 nitrogen and oxygen atoms in total. The van der Waals surface area contributed by atoms with Crippen molar-refractivity contribution in [1.29, 1.82) is 0 Å². The highest BCUT2D eigenvalue weighted by atomic mass is 31.2. The van der Waals surface area contributed by atoms with Crippen LogP contribution in [0.25, 0.3) is 0 Å². The molecule has 1 aromatic heterocycles. The van der Waals surface area contributed by atoms with E-state index in [1.165, 1.54) is 38.4 Å². The van der Waals surface area contributed by atoms with Crippen LogP contribution in [0.5, 0.6) is 5.75 Å². The van der Waals surface area contributed by atoms with E-state index in [1.807, 2.05) is 0 Å². The minimum atomic E-state index is -4.82. The second-order valence-electron chi connectivity index (χ2n) is 9.95. The second-order valence-corrected chi connectivity index (χ2v) is 11.6. The van der Waals surface area contributed by atoms with Gasteiger partial charge in [0.15, 0.2) is 0 Å². The molecule has 6 N–H and O–H groups in total. The first-order valence-corrected chi connectivity index (χ1v) is 14.8. The van der Waals surface area contributed by atoms with Gasteiger partial charge in [-0.2, -0.15) is 18.2 Å². The minimum absolute atomic E-state index is 0.100. The largest absolute Gasteiger partial charge is 0.495 e. The number of carbonyl (C=O) groups is 1. The molecule has 1 fully saturated rings. The first-order chi connectivity index (χ1) is 19.8. The molecular weight excluding hydrogens is 578 g/mol. The molecule has 1 aliphatic rings. The van der Waals surface area contributed by atoms with Gasteiger partial charge in [0, 0.05) is 13.2 Å². The van der Waals surface area contributed by atoms with E-state index in [4.69, 9.17) is 4.74 Å². The van der Waals surface area contributed by atoms with Crippen LogP contribution in [0, 0.1) is 0 Å². The molecule has 42 heavy (non-hydrogen) atoms. The van der Waals surface area contributed by atoms with Crippen LogP contribution in [0.15, 0.2) is 42.6 Å². The lowest BCUT2D eigenvalue weighted by atomic mass is 9.82. The van der Waals surface area contributed by atoms with Crippen molar-refractivity contribution in [3.63, 3.8) is 0 Å². The highest BCUT2D eigenvalue weighted by Gasteiger charge is 2.36. The number of aromatic nitrogens is 2. The number of aliphatic hydroxyl groups excluding tert-OH is 1. The number of benzene rings is 2. The van der Waals surface area contributed by atoms with Gasteiger partial charge in [-0.1, -0.05) is 12.1 Å². The summed E-state index contributed by atoms with van der Waals surface area (Å²) < 4.78 is 58.5. The Morgan fingerprint density at radius 2 is 1.76 bits per heavy atom.